The van der Waals surface area contributed by atoms with Crippen LogP contribution in [-0.4, -0.2) is 31.3 Å². The highest BCUT2D eigenvalue weighted by Gasteiger charge is 2.50. The average molecular weight is 247 g/mol. The van der Waals surface area contributed by atoms with Crippen LogP contribution in [0.15, 0.2) is 35.3 Å². The minimum atomic E-state index is -1.51. The Labute approximate surface area is 104 Å². The fraction of sp³-hybridized carbons (Fsp3) is 0.308. The first-order valence-electron chi connectivity index (χ1n) is 5.62. The zero-order chi connectivity index (χ0) is 13.0. The Morgan fingerprint density at radius 2 is 2.22 bits per heavy atom. The lowest BCUT2D eigenvalue weighted by Crippen LogP contribution is -2.45. The van der Waals surface area contributed by atoms with Gasteiger partial charge in [0.25, 0.3) is 0 Å². The van der Waals surface area contributed by atoms with E-state index < -0.39 is 11.6 Å². The summed E-state index contributed by atoms with van der Waals surface area (Å²) >= 11 is 0. The first-order valence-corrected chi connectivity index (χ1v) is 5.62. The Balaban J connectivity index is 2.51. The molecule has 0 amide bonds. The van der Waals surface area contributed by atoms with Crippen LogP contribution in [0.4, 0.5) is 0 Å². The van der Waals surface area contributed by atoms with Gasteiger partial charge >= 0.3 is 5.97 Å². The maximum absolute atomic E-state index is 12.2. The highest BCUT2D eigenvalue weighted by Crippen LogP contribution is 2.32. The molecule has 1 aromatic rings. The van der Waals surface area contributed by atoms with Gasteiger partial charge in [-0.3, -0.25) is 9.79 Å². The second kappa shape index (κ2) is 5.10. The van der Waals surface area contributed by atoms with Gasteiger partial charge in [-0.1, -0.05) is 30.3 Å². The summed E-state index contributed by atoms with van der Waals surface area (Å²) < 4.78 is 10.4. The third-order valence-corrected chi connectivity index (χ3v) is 2.73. The molecule has 0 aliphatic carbocycles. The molecule has 0 N–H and O–H groups in total. The number of rotatable bonds is 4. The van der Waals surface area contributed by atoms with E-state index in [1.54, 1.807) is 31.2 Å². The van der Waals surface area contributed by atoms with Crippen molar-refractivity contribution in [2.75, 3.05) is 13.3 Å². The van der Waals surface area contributed by atoms with Crippen molar-refractivity contribution in [1.82, 2.24) is 0 Å². The van der Waals surface area contributed by atoms with Crippen molar-refractivity contribution in [1.29, 1.82) is 0 Å². The van der Waals surface area contributed by atoms with Crippen molar-refractivity contribution < 1.29 is 19.1 Å². The summed E-state index contributed by atoms with van der Waals surface area (Å²) in [5.74, 6) is -0.612. The molecule has 1 aromatic carbocycles. The Bertz CT molecular complexity index is 483. The van der Waals surface area contributed by atoms with Crippen LogP contribution < -0.4 is 0 Å². The molecule has 1 aliphatic heterocycles. The van der Waals surface area contributed by atoms with Crippen molar-refractivity contribution in [3.05, 3.63) is 35.9 Å². The number of carbonyl (C=O) groups is 2. The molecule has 1 aliphatic rings. The number of nitrogens with zero attached hydrogens (tertiary/aromatic N) is 1. The van der Waals surface area contributed by atoms with Crippen LogP contribution in [0.25, 0.3) is 0 Å². The lowest BCUT2D eigenvalue weighted by Gasteiger charge is -2.25. The molecular formula is C13H13NO4. The van der Waals surface area contributed by atoms with E-state index in [4.69, 9.17) is 9.47 Å². The first-order chi connectivity index (χ1) is 8.75. The minimum Gasteiger partial charge on any atom is -0.463 e. The lowest BCUT2D eigenvalue weighted by molar-refractivity contribution is -0.162. The van der Waals surface area contributed by atoms with E-state index in [1.807, 2.05) is 6.07 Å². The summed E-state index contributed by atoms with van der Waals surface area (Å²) in [5, 5.41) is 0. The van der Waals surface area contributed by atoms with E-state index in [9.17, 15) is 9.59 Å². The van der Waals surface area contributed by atoms with Gasteiger partial charge in [-0.2, -0.15) is 0 Å². The van der Waals surface area contributed by atoms with Crippen molar-refractivity contribution in [3.8, 4) is 0 Å². The predicted molar refractivity (Wildman–Crippen MR) is 64.2 cm³/mol. The van der Waals surface area contributed by atoms with Crippen LogP contribution >= 0.6 is 0 Å². The van der Waals surface area contributed by atoms with Crippen LogP contribution in [0.5, 0.6) is 0 Å². The van der Waals surface area contributed by atoms with Gasteiger partial charge in [-0.05, 0) is 6.92 Å². The zero-order valence-corrected chi connectivity index (χ0v) is 9.96. The SMILES string of the molecule is CCOC(=O)C1(c2ccccc2)OCN=C1C=O. The van der Waals surface area contributed by atoms with Gasteiger partial charge in [0.15, 0.2) is 6.29 Å². The van der Waals surface area contributed by atoms with Gasteiger partial charge in [-0.15, -0.1) is 0 Å². The van der Waals surface area contributed by atoms with Crippen molar-refractivity contribution >= 4 is 18.0 Å². The summed E-state index contributed by atoms with van der Waals surface area (Å²) in [6.45, 7) is 1.88. The van der Waals surface area contributed by atoms with Gasteiger partial charge < -0.3 is 9.47 Å². The quantitative estimate of drug-likeness (QED) is 0.589. The molecule has 18 heavy (non-hydrogen) atoms. The number of esters is 1. The third-order valence-electron chi connectivity index (χ3n) is 2.73. The van der Waals surface area contributed by atoms with Gasteiger partial charge in [0.05, 0.1) is 6.61 Å². The van der Waals surface area contributed by atoms with E-state index in [0.717, 1.165) is 0 Å². The highest BCUT2D eigenvalue weighted by molar-refractivity contribution is 6.38. The van der Waals surface area contributed by atoms with Crippen molar-refractivity contribution in [3.63, 3.8) is 0 Å². The summed E-state index contributed by atoms with van der Waals surface area (Å²) in [5.41, 5.74) is -0.919. The number of aliphatic imine (C=N–C) groups is 1. The number of ether oxygens (including phenoxy) is 2. The first kappa shape index (κ1) is 12.4. The molecule has 0 spiro atoms. The second-order valence-electron chi connectivity index (χ2n) is 3.70. The molecule has 5 heteroatoms. The molecule has 0 aromatic heterocycles. The van der Waals surface area contributed by atoms with E-state index in [2.05, 4.69) is 4.99 Å². The molecule has 2 rings (SSSR count). The summed E-state index contributed by atoms with van der Waals surface area (Å²) in [6, 6.07) is 8.76. The van der Waals surface area contributed by atoms with Gasteiger partial charge in [-0.25, -0.2) is 4.79 Å². The fourth-order valence-corrected chi connectivity index (χ4v) is 1.92. The fourth-order valence-electron chi connectivity index (χ4n) is 1.92. The topological polar surface area (TPSA) is 65.0 Å². The van der Waals surface area contributed by atoms with Crippen LogP contribution in [0, 0.1) is 0 Å². The smallest absolute Gasteiger partial charge is 0.349 e. The molecule has 0 saturated heterocycles. The molecule has 0 bridgehead atoms. The number of hydrogen-bond acceptors (Lipinski definition) is 5. The highest BCUT2D eigenvalue weighted by atomic mass is 16.6. The van der Waals surface area contributed by atoms with E-state index >= 15 is 0 Å². The predicted octanol–water partition coefficient (Wildman–Crippen LogP) is 1.07. The van der Waals surface area contributed by atoms with Crippen LogP contribution in [0.1, 0.15) is 12.5 Å². The molecule has 0 saturated carbocycles. The molecular weight excluding hydrogens is 234 g/mol. The van der Waals surface area contributed by atoms with Gasteiger partial charge in [0.1, 0.15) is 12.4 Å². The lowest BCUT2D eigenvalue weighted by atomic mass is 9.89. The standard InChI is InChI=1S/C13H13NO4/c1-2-17-12(16)13(10-6-4-3-5-7-10)11(8-15)14-9-18-13/h3-8H,2,9H2,1H3. The minimum absolute atomic E-state index is 0.0260. The van der Waals surface area contributed by atoms with Gasteiger partial charge in [0.2, 0.25) is 5.60 Å². The summed E-state index contributed by atoms with van der Waals surface area (Å²) in [4.78, 5) is 27.1. The molecule has 1 unspecified atom stereocenters. The van der Waals surface area contributed by atoms with Crippen LogP contribution in [0.2, 0.25) is 0 Å². The average Bonchev–Trinajstić information content (AvgIpc) is 2.85. The zero-order valence-electron chi connectivity index (χ0n) is 9.96. The molecule has 0 radical (unpaired) electrons. The Kier molecular flexibility index (Phi) is 3.53. The van der Waals surface area contributed by atoms with E-state index in [1.165, 1.54) is 0 Å². The molecule has 5 nitrogen and oxygen atoms in total. The molecule has 1 atom stereocenters. The number of aldehydes is 1. The largest absolute Gasteiger partial charge is 0.463 e. The summed E-state index contributed by atoms with van der Waals surface area (Å²) in [6.07, 6.45) is 0.539. The van der Waals surface area contributed by atoms with Crippen molar-refractivity contribution in [2.45, 2.75) is 12.5 Å². The van der Waals surface area contributed by atoms with Crippen LogP contribution in [-0.2, 0) is 24.7 Å². The maximum Gasteiger partial charge on any atom is 0.349 e. The Hall–Kier alpha value is -2.01. The van der Waals surface area contributed by atoms with Crippen molar-refractivity contribution in [2.24, 2.45) is 4.99 Å². The normalized spacial score (nSPS) is 22.4. The molecule has 1 heterocycles. The second-order valence-corrected chi connectivity index (χ2v) is 3.70. The monoisotopic (exact) mass is 247 g/mol. The molecule has 94 valence electrons. The maximum atomic E-state index is 12.2. The Morgan fingerprint density at radius 3 is 2.83 bits per heavy atom. The number of hydrogen-bond donors (Lipinski definition) is 0. The number of carbonyl (C=O) groups excluding carboxylic acids is 2. The van der Waals surface area contributed by atoms with Crippen LogP contribution in [0.3, 0.4) is 0 Å². The molecule has 0 fully saturated rings. The Morgan fingerprint density at radius 1 is 1.50 bits per heavy atom. The number of benzene rings is 1. The van der Waals surface area contributed by atoms with E-state index in [-0.39, 0.29) is 19.0 Å². The summed E-state index contributed by atoms with van der Waals surface area (Å²) in [7, 11) is 0. The van der Waals surface area contributed by atoms with E-state index in [0.29, 0.717) is 11.8 Å². The third kappa shape index (κ3) is 1.82. The van der Waals surface area contributed by atoms with Gasteiger partial charge in [0, 0.05) is 5.56 Å².